The van der Waals surface area contributed by atoms with Crippen molar-refractivity contribution < 1.29 is 0 Å². The number of fused-ring (bicyclic) bond motifs is 5. The standard InChI is InChI=1S/C28H29Cl/c1-27(2,3)26-20(13-10-16-24(26)29)19-12-9-15-23-25(19)21-11-5-6-14-22(21)28(23)17-7-4-8-18-28/h5-6,9-16H,4,7-8,17-18H2,1-3H3. The highest BCUT2D eigenvalue weighted by atomic mass is 35.5. The van der Waals surface area contributed by atoms with Crippen molar-refractivity contribution in [3.63, 3.8) is 0 Å². The minimum Gasteiger partial charge on any atom is -0.0840 e. The van der Waals surface area contributed by atoms with Crippen molar-refractivity contribution in [2.75, 3.05) is 0 Å². The van der Waals surface area contributed by atoms with E-state index in [1.54, 1.807) is 5.56 Å². The van der Waals surface area contributed by atoms with Gasteiger partial charge in [0.2, 0.25) is 0 Å². The third-order valence-electron chi connectivity index (χ3n) is 7.05. The summed E-state index contributed by atoms with van der Waals surface area (Å²) in [6.45, 7) is 6.78. The lowest BCUT2D eigenvalue weighted by Crippen LogP contribution is -2.28. The third kappa shape index (κ3) is 2.80. The van der Waals surface area contributed by atoms with E-state index < -0.39 is 0 Å². The Morgan fingerprint density at radius 1 is 0.690 bits per heavy atom. The second-order valence-electron chi connectivity index (χ2n) is 9.83. The topological polar surface area (TPSA) is 0 Å². The highest BCUT2D eigenvalue weighted by Crippen LogP contribution is 2.58. The Hall–Kier alpha value is -2.05. The highest BCUT2D eigenvalue weighted by Gasteiger charge is 2.44. The van der Waals surface area contributed by atoms with Crippen LogP contribution in [0.15, 0.2) is 60.7 Å². The normalized spacial score (nSPS) is 17.2. The molecule has 0 nitrogen and oxygen atoms in total. The maximum Gasteiger partial charge on any atom is 0.0449 e. The molecule has 1 heteroatoms. The van der Waals surface area contributed by atoms with E-state index in [1.807, 2.05) is 6.07 Å². The van der Waals surface area contributed by atoms with Gasteiger partial charge in [0.05, 0.1) is 0 Å². The lowest BCUT2D eigenvalue weighted by atomic mass is 9.67. The molecule has 0 amide bonds. The van der Waals surface area contributed by atoms with Gasteiger partial charge in [0, 0.05) is 10.4 Å². The predicted octanol–water partition coefficient (Wildman–Crippen LogP) is 8.54. The molecule has 0 heterocycles. The molecule has 148 valence electrons. The summed E-state index contributed by atoms with van der Waals surface area (Å²) in [5, 5.41) is 0.867. The summed E-state index contributed by atoms with van der Waals surface area (Å²) in [6.07, 6.45) is 6.54. The van der Waals surface area contributed by atoms with Gasteiger partial charge in [-0.3, -0.25) is 0 Å². The molecule has 29 heavy (non-hydrogen) atoms. The maximum absolute atomic E-state index is 6.76. The largest absolute Gasteiger partial charge is 0.0840 e. The van der Waals surface area contributed by atoms with Gasteiger partial charge in [0.25, 0.3) is 0 Å². The molecule has 0 radical (unpaired) electrons. The van der Waals surface area contributed by atoms with Gasteiger partial charge in [0.15, 0.2) is 0 Å². The SMILES string of the molecule is CC(C)(C)c1c(Cl)cccc1-c1cccc2c1-c1ccccc1C21CCCCC1. The third-order valence-corrected chi connectivity index (χ3v) is 7.37. The first-order valence-electron chi connectivity index (χ1n) is 11.0. The van der Waals surface area contributed by atoms with Gasteiger partial charge in [-0.05, 0) is 63.3 Å². The summed E-state index contributed by atoms with van der Waals surface area (Å²) < 4.78 is 0. The summed E-state index contributed by atoms with van der Waals surface area (Å²) in [4.78, 5) is 0. The highest BCUT2D eigenvalue weighted by molar-refractivity contribution is 6.32. The van der Waals surface area contributed by atoms with Gasteiger partial charge in [0.1, 0.15) is 0 Å². The minimum absolute atomic E-state index is 0.0168. The molecule has 5 rings (SSSR count). The Kier molecular flexibility index (Phi) is 4.40. The maximum atomic E-state index is 6.76. The Bertz CT molecular complexity index is 1080. The molecule has 0 N–H and O–H groups in total. The quantitative estimate of drug-likeness (QED) is 0.383. The van der Waals surface area contributed by atoms with E-state index in [2.05, 4.69) is 75.4 Å². The first-order chi connectivity index (χ1) is 13.9. The lowest BCUT2D eigenvalue weighted by Gasteiger charge is -2.36. The number of hydrogen-bond donors (Lipinski definition) is 0. The number of rotatable bonds is 1. The Balaban J connectivity index is 1.84. The Labute approximate surface area is 179 Å². The zero-order chi connectivity index (χ0) is 20.2. The van der Waals surface area contributed by atoms with Crippen molar-refractivity contribution in [3.05, 3.63) is 82.4 Å². The number of benzene rings is 3. The molecule has 0 atom stereocenters. The van der Waals surface area contributed by atoms with Gasteiger partial charge >= 0.3 is 0 Å². The molecule has 2 aliphatic carbocycles. The second kappa shape index (κ2) is 6.74. The summed E-state index contributed by atoms with van der Waals surface area (Å²) in [6, 6.07) is 22.5. The first kappa shape index (κ1) is 18.9. The van der Waals surface area contributed by atoms with Gasteiger partial charge in [-0.1, -0.05) is 106 Å². The van der Waals surface area contributed by atoms with Crippen LogP contribution < -0.4 is 0 Å². The zero-order valence-electron chi connectivity index (χ0n) is 17.7. The summed E-state index contributed by atoms with van der Waals surface area (Å²) >= 11 is 6.76. The van der Waals surface area contributed by atoms with Crippen molar-refractivity contribution >= 4 is 11.6 Å². The van der Waals surface area contributed by atoms with Gasteiger partial charge < -0.3 is 0 Å². The van der Waals surface area contributed by atoms with Crippen LogP contribution in [0.3, 0.4) is 0 Å². The predicted molar refractivity (Wildman–Crippen MR) is 125 cm³/mol. The summed E-state index contributed by atoms with van der Waals surface area (Å²) in [5.41, 5.74) is 10.00. The molecule has 3 aromatic carbocycles. The molecule has 1 spiro atoms. The zero-order valence-corrected chi connectivity index (χ0v) is 18.4. The molecule has 0 bridgehead atoms. The summed E-state index contributed by atoms with van der Waals surface area (Å²) in [5.74, 6) is 0. The molecule has 2 aliphatic rings. The molecule has 0 aliphatic heterocycles. The van der Waals surface area contributed by atoms with Crippen LogP contribution in [0, 0.1) is 0 Å². The van der Waals surface area contributed by atoms with E-state index in [4.69, 9.17) is 11.6 Å². The van der Waals surface area contributed by atoms with Crippen LogP contribution in [0.4, 0.5) is 0 Å². The minimum atomic E-state index is -0.0168. The summed E-state index contributed by atoms with van der Waals surface area (Å²) in [7, 11) is 0. The average Bonchev–Trinajstić information content (AvgIpc) is 2.98. The van der Waals surface area contributed by atoms with Crippen LogP contribution in [0.1, 0.15) is 69.6 Å². The molecule has 0 saturated heterocycles. The van der Waals surface area contributed by atoms with Crippen molar-refractivity contribution in [1.82, 2.24) is 0 Å². The molecule has 3 aromatic rings. The van der Waals surface area contributed by atoms with E-state index >= 15 is 0 Å². The molecule has 0 aromatic heterocycles. The molecular formula is C28H29Cl. The first-order valence-corrected chi connectivity index (χ1v) is 11.3. The van der Waals surface area contributed by atoms with Gasteiger partial charge in [-0.2, -0.15) is 0 Å². The van der Waals surface area contributed by atoms with Crippen LogP contribution in [-0.4, -0.2) is 0 Å². The molecule has 0 unspecified atom stereocenters. The molecule has 1 saturated carbocycles. The molecule has 1 fully saturated rings. The lowest BCUT2D eigenvalue weighted by molar-refractivity contribution is 0.353. The van der Waals surface area contributed by atoms with Crippen molar-refractivity contribution in [2.24, 2.45) is 0 Å². The fraction of sp³-hybridized carbons (Fsp3) is 0.357. The Morgan fingerprint density at radius 2 is 1.31 bits per heavy atom. The fourth-order valence-corrected chi connectivity index (χ4v) is 6.39. The van der Waals surface area contributed by atoms with E-state index in [9.17, 15) is 0 Å². The monoisotopic (exact) mass is 400 g/mol. The second-order valence-corrected chi connectivity index (χ2v) is 10.2. The van der Waals surface area contributed by atoms with E-state index in [-0.39, 0.29) is 10.8 Å². The van der Waals surface area contributed by atoms with Crippen LogP contribution in [0.5, 0.6) is 0 Å². The van der Waals surface area contributed by atoms with Gasteiger partial charge in [-0.15, -0.1) is 0 Å². The fourth-order valence-electron chi connectivity index (χ4n) is 5.93. The molecular weight excluding hydrogens is 372 g/mol. The van der Waals surface area contributed by atoms with Gasteiger partial charge in [-0.25, -0.2) is 0 Å². The van der Waals surface area contributed by atoms with Crippen molar-refractivity contribution in [3.8, 4) is 22.3 Å². The average molecular weight is 401 g/mol. The smallest absolute Gasteiger partial charge is 0.0449 e. The van der Waals surface area contributed by atoms with E-state index in [0.717, 1.165) is 5.02 Å². The van der Waals surface area contributed by atoms with Crippen LogP contribution in [0.2, 0.25) is 5.02 Å². The van der Waals surface area contributed by atoms with Crippen LogP contribution in [-0.2, 0) is 10.8 Å². The van der Waals surface area contributed by atoms with Crippen LogP contribution in [0.25, 0.3) is 22.3 Å². The number of halogens is 1. The Morgan fingerprint density at radius 3 is 2.07 bits per heavy atom. The van der Waals surface area contributed by atoms with E-state index in [1.165, 1.54) is 65.5 Å². The van der Waals surface area contributed by atoms with Crippen LogP contribution >= 0.6 is 11.6 Å². The van der Waals surface area contributed by atoms with Crippen molar-refractivity contribution in [2.45, 2.75) is 63.7 Å². The van der Waals surface area contributed by atoms with E-state index in [0.29, 0.717) is 0 Å². The number of hydrogen-bond acceptors (Lipinski definition) is 0. The van der Waals surface area contributed by atoms with Crippen molar-refractivity contribution in [1.29, 1.82) is 0 Å².